The summed E-state index contributed by atoms with van der Waals surface area (Å²) < 4.78 is 56.8. The molecule has 0 bridgehead atoms. The number of rotatable bonds is 4. The third kappa shape index (κ3) is 3.29. The van der Waals surface area contributed by atoms with Gasteiger partial charge in [-0.15, -0.1) is 9.73 Å². The monoisotopic (exact) mass is 424 g/mol. The number of hydrogen-bond donors (Lipinski definition) is 1. The fourth-order valence-electron chi connectivity index (χ4n) is 2.49. The van der Waals surface area contributed by atoms with Gasteiger partial charge in [0.25, 0.3) is 11.1 Å². The molecule has 4 aromatic rings. The van der Waals surface area contributed by atoms with E-state index in [1.54, 1.807) is 0 Å². The van der Waals surface area contributed by atoms with Crippen molar-refractivity contribution in [3.63, 3.8) is 0 Å². The number of thioether (sulfide) groups is 1. The van der Waals surface area contributed by atoms with E-state index in [-0.39, 0.29) is 11.0 Å². The Morgan fingerprint density at radius 2 is 1.79 bits per heavy atom. The van der Waals surface area contributed by atoms with Gasteiger partial charge in [-0.05, 0) is 12.1 Å². The molecule has 4 rings (SSSR count). The molecule has 0 atom stereocenters. The Kier molecular flexibility index (Phi) is 4.66. The first kappa shape index (κ1) is 18.9. The number of halogens is 4. The Bertz CT molecular complexity index is 1350. The van der Waals surface area contributed by atoms with Crippen LogP contribution in [0.25, 0.3) is 11.3 Å². The number of fused-ring (bicyclic) bond motifs is 1. The van der Waals surface area contributed by atoms with Gasteiger partial charge in [0.1, 0.15) is 5.82 Å². The van der Waals surface area contributed by atoms with Crippen LogP contribution in [0, 0.1) is 23.3 Å². The quantitative estimate of drug-likeness (QED) is 0.305. The van der Waals surface area contributed by atoms with Crippen LogP contribution < -0.4 is 11.1 Å². The Hall–Kier alpha value is -3.48. The Labute approximate surface area is 161 Å². The first-order valence-electron chi connectivity index (χ1n) is 7.83. The number of aromatic amines is 1. The van der Waals surface area contributed by atoms with Crippen LogP contribution in [0.2, 0.25) is 0 Å². The van der Waals surface area contributed by atoms with E-state index in [0.717, 1.165) is 33.9 Å². The molecule has 1 aromatic carbocycles. The summed E-state index contributed by atoms with van der Waals surface area (Å²) in [6.45, 7) is 0. The van der Waals surface area contributed by atoms with Crippen molar-refractivity contribution in [1.82, 2.24) is 29.4 Å². The van der Waals surface area contributed by atoms with Crippen LogP contribution in [-0.2, 0) is 5.75 Å². The van der Waals surface area contributed by atoms with Crippen molar-refractivity contribution >= 4 is 17.3 Å². The molecule has 0 amide bonds. The normalized spacial score (nSPS) is 11.3. The van der Waals surface area contributed by atoms with Gasteiger partial charge in [0, 0.05) is 17.5 Å². The summed E-state index contributed by atoms with van der Waals surface area (Å²) in [4.78, 5) is 30.1. The fraction of sp³-hybridized carbons (Fsp3) is 0.0625. The molecule has 0 spiro atoms. The van der Waals surface area contributed by atoms with Crippen molar-refractivity contribution in [2.75, 3.05) is 0 Å². The number of nitrogens with one attached hydrogen (secondary N) is 1. The molecule has 3 aromatic heterocycles. The van der Waals surface area contributed by atoms with Crippen molar-refractivity contribution < 1.29 is 17.6 Å². The SMILES string of the molecule is O=c1cnc(-n2c(SCc3c(F)ccc(F)c3F)nn3ncc(F)c3c2=O)c[nH]1. The van der Waals surface area contributed by atoms with E-state index in [1.807, 2.05) is 0 Å². The second-order valence-electron chi connectivity index (χ2n) is 5.63. The Balaban J connectivity index is 1.86. The van der Waals surface area contributed by atoms with E-state index in [0.29, 0.717) is 17.8 Å². The van der Waals surface area contributed by atoms with Gasteiger partial charge in [-0.3, -0.25) is 9.59 Å². The molecule has 0 saturated heterocycles. The van der Waals surface area contributed by atoms with Crippen molar-refractivity contribution in [2.24, 2.45) is 0 Å². The van der Waals surface area contributed by atoms with Crippen LogP contribution in [0.4, 0.5) is 17.6 Å². The van der Waals surface area contributed by atoms with Crippen LogP contribution in [0.1, 0.15) is 5.56 Å². The predicted octanol–water partition coefficient (Wildman–Crippen LogP) is 1.81. The summed E-state index contributed by atoms with van der Waals surface area (Å²) in [6.07, 6.45) is 2.75. The first-order chi connectivity index (χ1) is 13.9. The minimum absolute atomic E-state index is 0.118. The zero-order valence-electron chi connectivity index (χ0n) is 14.1. The molecule has 29 heavy (non-hydrogen) atoms. The summed E-state index contributed by atoms with van der Waals surface area (Å²) in [5.74, 6) is -5.11. The van der Waals surface area contributed by atoms with Gasteiger partial charge >= 0.3 is 0 Å². The van der Waals surface area contributed by atoms with E-state index in [4.69, 9.17) is 0 Å². The van der Waals surface area contributed by atoms with E-state index in [2.05, 4.69) is 20.2 Å². The van der Waals surface area contributed by atoms with Crippen molar-refractivity contribution in [1.29, 1.82) is 0 Å². The van der Waals surface area contributed by atoms with Crippen molar-refractivity contribution in [2.45, 2.75) is 10.9 Å². The zero-order valence-corrected chi connectivity index (χ0v) is 14.9. The Morgan fingerprint density at radius 1 is 1.03 bits per heavy atom. The predicted molar refractivity (Wildman–Crippen MR) is 92.8 cm³/mol. The zero-order chi connectivity index (χ0) is 20.7. The van der Waals surface area contributed by atoms with Gasteiger partial charge in [0.2, 0.25) is 0 Å². The molecule has 0 aliphatic rings. The summed E-state index contributed by atoms with van der Waals surface area (Å²) in [5, 5.41) is 7.41. The number of aromatic nitrogens is 6. The van der Waals surface area contributed by atoms with Gasteiger partial charge < -0.3 is 4.98 Å². The lowest BCUT2D eigenvalue weighted by molar-refractivity contribution is 0.485. The lowest BCUT2D eigenvalue weighted by atomic mass is 10.2. The van der Waals surface area contributed by atoms with Crippen molar-refractivity contribution in [3.8, 4) is 5.82 Å². The highest BCUT2D eigenvalue weighted by Gasteiger charge is 2.21. The van der Waals surface area contributed by atoms with Crippen LogP contribution in [-0.4, -0.2) is 29.4 Å². The summed E-state index contributed by atoms with van der Waals surface area (Å²) in [6, 6.07) is 1.42. The molecule has 0 fully saturated rings. The van der Waals surface area contributed by atoms with Gasteiger partial charge in [-0.1, -0.05) is 11.8 Å². The second kappa shape index (κ2) is 7.16. The average molecular weight is 424 g/mol. The van der Waals surface area contributed by atoms with Crippen LogP contribution in [0.15, 0.2) is 45.5 Å². The molecule has 0 saturated carbocycles. The largest absolute Gasteiger partial charge is 0.324 e. The topological polar surface area (TPSA) is 97.9 Å². The van der Waals surface area contributed by atoms with Crippen LogP contribution in [0.5, 0.6) is 0 Å². The summed E-state index contributed by atoms with van der Waals surface area (Å²) >= 11 is 0.664. The lowest BCUT2D eigenvalue weighted by Gasteiger charge is -2.11. The number of H-pyrrole nitrogens is 1. The van der Waals surface area contributed by atoms with E-state index in [9.17, 15) is 27.2 Å². The van der Waals surface area contributed by atoms with Crippen molar-refractivity contribution in [3.05, 3.63) is 80.3 Å². The lowest BCUT2D eigenvalue weighted by Crippen LogP contribution is -2.26. The highest BCUT2D eigenvalue weighted by atomic mass is 32.2. The highest BCUT2D eigenvalue weighted by Crippen LogP contribution is 2.26. The van der Waals surface area contributed by atoms with E-state index >= 15 is 0 Å². The molecule has 13 heteroatoms. The minimum atomic E-state index is -1.38. The summed E-state index contributed by atoms with van der Waals surface area (Å²) in [7, 11) is 0. The maximum atomic E-state index is 13.9. The molecule has 0 aliphatic heterocycles. The van der Waals surface area contributed by atoms with Crippen LogP contribution >= 0.6 is 11.8 Å². The molecule has 3 heterocycles. The van der Waals surface area contributed by atoms with Gasteiger partial charge in [0.15, 0.2) is 33.9 Å². The maximum Gasteiger partial charge on any atom is 0.289 e. The average Bonchev–Trinajstić information content (AvgIpc) is 3.07. The van der Waals surface area contributed by atoms with Gasteiger partial charge in [-0.25, -0.2) is 27.1 Å². The molecule has 0 unspecified atom stereocenters. The molecule has 1 N–H and O–H groups in total. The minimum Gasteiger partial charge on any atom is -0.324 e. The third-order valence-electron chi connectivity index (χ3n) is 3.86. The second-order valence-corrected chi connectivity index (χ2v) is 6.58. The molecular formula is C16H8F4N6O2S. The number of benzene rings is 1. The van der Waals surface area contributed by atoms with Gasteiger partial charge in [0.05, 0.1) is 12.4 Å². The molecule has 0 radical (unpaired) electrons. The number of nitrogens with zero attached hydrogens (tertiary/aromatic N) is 5. The smallest absolute Gasteiger partial charge is 0.289 e. The molecular weight excluding hydrogens is 416 g/mol. The van der Waals surface area contributed by atoms with Gasteiger partial charge in [-0.2, -0.15) is 5.10 Å². The number of hydrogen-bond acceptors (Lipinski definition) is 6. The first-order valence-corrected chi connectivity index (χ1v) is 8.82. The Morgan fingerprint density at radius 3 is 2.52 bits per heavy atom. The van der Waals surface area contributed by atoms with Crippen LogP contribution in [0.3, 0.4) is 0 Å². The highest BCUT2D eigenvalue weighted by molar-refractivity contribution is 7.98. The fourth-order valence-corrected chi connectivity index (χ4v) is 3.47. The molecule has 148 valence electrons. The van der Waals surface area contributed by atoms with E-state index in [1.165, 1.54) is 0 Å². The molecule has 8 nitrogen and oxygen atoms in total. The summed E-state index contributed by atoms with van der Waals surface area (Å²) in [5.41, 5.74) is -2.54. The van der Waals surface area contributed by atoms with E-state index < -0.39 is 51.2 Å². The third-order valence-corrected chi connectivity index (χ3v) is 4.81. The maximum absolute atomic E-state index is 13.9. The molecule has 0 aliphatic carbocycles. The standard InChI is InChI=1S/C16H8F4N6O2S/c17-8-1-2-9(18)13(20)7(8)6-29-16-24-26-14(10(19)3-23-26)15(28)25(16)11-4-22-12(27)5-21-11/h1-5H,6H2,(H,22,27).